The normalized spacial score (nSPS) is 12.3. The fraction of sp³-hybridized carbons (Fsp3) is 0.222. The lowest BCUT2D eigenvalue weighted by atomic mass is 10.1. The summed E-state index contributed by atoms with van der Waals surface area (Å²) in [5.74, 6) is -0.965. The van der Waals surface area contributed by atoms with E-state index in [1.165, 1.54) is 25.3 Å². The fourth-order valence-electron chi connectivity index (χ4n) is 0.937. The van der Waals surface area contributed by atoms with E-state index in [-0.39, 0.29) is 0 Å². The number of hydrogen-bond donors (Lipinski definition) is 0. The molecule has 0 spiro atoms. The lowest BCUT2D eigenvalue weighted by molar-refractivity contribution is -0.140. The number of alkyl halides is 1. The smallest absolute Gasteiger partial charge is 0.328 e. The number of ether oxygens (including phenoxy) is 1. The highest BCUT2D eigenvalue weighted by molar-refractivity contribution is 9.10. The van der Waals surface area contributed by atoms with Crippen LogP contribution in [0.1, 0.15) is 10.9 Å². The Morgan fingerprint density at radius 1 is 1.64 bits per heavy atom. The van der Waals surface area contributed by atoms with Crippen molar-refractivity contribution in [3.05, 3.63) is 34.1 Å². The van der Waals surface area contributed by atoms with E-state index in [0.29, 0.717) is 10.0 Å². The number of methoxy groups -OCH3 is 1. The molecular weight excluding hydrogens is 274 g/mol. The van der Waals surface area contributed by atoms with Gasteiger partial charge in [-0.2, -0.15) is 0 Å². The van der Waals surface area contributed by atoms with Crippen molar-refractivity contribution in [3.8, 4) is 0 Å². The number of carbonyl (C=O) groups is 1. The van der Waals surface area contributed by atoms with Crippen LogP contribution >= 0.6 is 27.5 Å². The highest BCUT2D eigenvalue weighted by atomic mass is 79.9. The minimum absolute atomic E-state index is 0.394. The topological polar surface area (TPSA) is 26.3 Å². The largest absolute Gasteiger partial charge is 0.468 e. The van der Waals surface area contributed by atoms with Gasteiger partial charge in [0.15, 0.2) is 5.38 Å². The second kappa shape index (κ2) is 4.75. The molecule has 0 aliphatic rings. The molecule has 0 aromatic heterocycles. The van der Waals surface area contributed by atoms with Crippen LogP contribution in [0.25, 0.3) is 0 Å². The lowest BCUT2D eigenvalue weighted by Crippen LogP contribution is -2.09. The molecule has 76 valence electrons. The van der Waals surface area contributed by atoms with Gasteiger partial charge in [-0.05, 0) is 17.7 Å². The third-order valence-electron chi connectivity index (χ3n) is 1.64. The van der Waals surface area contributed by atoms with Gasteiger partial charge < -0.3 is 4.74 Å². The van der Waals surface area contributed by atoms with Gasteiger partial charge in [0.25, 0.3) is 0 Å². The Hall–Kier alpha value is -0.610. The Bertz CT molecular complexity index is 357. The van der Waals surface area contributed by atoms with Crippen LogP contribution in [0.2, 0.25) is 0 Å². The summed E-state index contributed by atoms with van der Waals surface area (Å²) in [5, 5.41) is -0.921. The number of esters is 1. The fourth-order valence-corrected chi connectivity index (χ4v) is 1.93. The van der Waals surface area contributed by atoms with Crippen LogP contribution in [0.3, 0.4) is 0 Å². The lowest BCUT2D eigenvalue weighted by Gasteiger charge is -2.09. The molecule has 1 unspecified atom stereocenters. The highest BCUT2D eigenvalue weighted by Crippen LogP contribution is 2.29. The van der Waals surface area contributed by atoms with E-state index >= 15 is 0 Å². The van der Waals surface area contributed by atoms with Crippen LogP contribution in [-0.4, -0.2) is 13.1 Å². The zero-order valence-corrected chi connectivity index (χ0v) is 9.60. The maximum atomic E-state index is 12.7. The van der Waals surface area contributed by atoms with Crippen LogP contribution in [0.4, 0.5) is 4.39 Å². The van der Waals surface area contributed by atoms with Gasteiger partial charge in [-0.15, -0.1) is 11.6 Å². The van der Waals surface area contributed by atoms with E-state index in [9.17, 15) is 9.18 Å². The predicted octanol–water partition coefficient (Wildman–Crippen LogP) is 3.04. The molecule has 1 aromatic rings. The molecule has 0 saturated heterocycles. The van der Waals surface area contributed by atoms with Crippen molar-refractivity contribution in [1.82, 2.24) is 0 Å². The summed E-state index contributed by atoms with van der Waals surface area (Å²) in [4.78, 5) is 11.1. The van der Waals surface area contributed by atoms with Crippen LogP contribution in [0, 0.1) is 5.82 Å². The van der Waals surface area contributed by atoms with Crippen LogP contribution < -0.4 is 0 Å². The molecule has 5 heteroatoms. The molecule has 2 nitrogen and oxygen atoms in total. The molecule has 0 bridgehead atoms. The van der Waals surface area contributed by atoms with E-state index < -0.39 is 17.2 Å². The highest BCUT2D eigenvalue weighted by Gasteiger charge is 2.20. The summed E-state index contributed by atoms with van der Waals surface area (Å²) < 4.78 is 17.6. The van der Waals surface area contributed by atoms with Crippen molar-refractivity contribution in [2.75, 3.05) is 7.11 Å². The average molecular weight is 282 g/mol. The van der Waals surface area contributed by atoms with E-state index in [2.05, 4.69) is 20.7 Å². The van der Waals surface area contributed by atoms with Crippen molar-refractivity contribution in [2.45, 2.75) is 5.38 Å². The first-order valence-electron chi connectivity index (χ1n) is 3.73. The number of halogens is 3. The van der Waals surface area contributed by atoms with Gasteiger partial charge in [0, 0.05) is 4.47 Å². The van der Waals surface area contributed by atoms with Crippen molar-refractivity contribution in [2.24, 2.45) is 0 Å². The first-order chi connectivity index (χ1) is 6.56. The summed E-state index contributed by atoms with van der Waals surface area (Å²) >= 11 is 8.90. The van der Waals surface area contributed by atoms with E-state index in [0.717, 1.165) is 0 Å². The summed E-state index contributed by atoms with van der Waals surface area (Å²) in [6, 6.07) is 3.92. The molecule has 1 atom stereocenters. The molecule has 0 fully saturated rings. The number of carbonyl (C=O) groups excluding carboxylic acids is 1. The van der Waals surface area contributed by atoms with Crippen LogP contribution in [0.15, 0.2) is 22.7 Å². The summed E-state index contributed by atoms with van der Waals surface area (Å²) in [6.45, 7) is 0. The maximum absolute atomic E-state index is 12.7. The standard InChI is InChI=1S/C9H7BrClFO2/c1-14-9(13)8(11)6-3-2-5(12)4-7(6)10/h2-4,8H,1H3. The van der Waals surface area contributed by atoms with Gasteiger partial charge >= 0.3 is 5.97 Å². The van der Waals surface area contributed by atoms with Crippen molar-refractivity contribution >= 4 is 33.5 Å². The van der Waals surface area contributed by atoms with Gasteiger partial charge in [0.1, 0.15) is 5.82 Å². The van der Waals surface area contributed by atoms with E-state index in [4.69, 9.17) is 11.6 Å². The monoisotopic (exact) mass is 280 g/mol. The summed E-state index contributed by atoms with van der Waals surface area (Å²) in [5.41, 5.74) is 0.486. The van der Waals surface area contributed by atoms with Crippen LogP contribution in [0.5, 0.6) is 0 Å². The third-order valence-corrected chi connectivity index (χ3v) is 2.74. The molecule has 0 aliphatic heterocycles. The Balaban J connectivity index is 3.01. The minimum Gasteiger partial charge on any atom is -0.468 e. The molecule has 0 saturated carbocycles. The molecule has 0 N–H and O–H groups in total. The maximum Gasteiger partial charge on any atom is 0.328 e. The Labute approximate surface area is 94.1 Å². The van der Waals surface area contributed by atoms with Gasteiger partial charge in [-0.3, -0.25) is 4.79 Å². The molecule has 1 rings (SSSR count). The van der Waals surface area contributed by atoms with Crippen molar-refractivity contribution < 1.29 is 13.9 Å². The number of hydrogen-bond acceptors (Lipinski definition) is 2. The van der Waals surface area contributed by atoms with Crippen molar-refractivity contribution in [3.63, 3.8) is 0 Å². The van der Waals surface area contributed by atoms with E-state index in [1.807, 2.05) is 0 Å². The summed E-state index contributed by atoms with van der Waals surface area (Å²) in [7, 11) is 1.25. The molecule has 14 heavy (non-hydrogen) atoms. The Morgan fingerprint density at radius 2 is 2.29 bits per heavy atom. The zero-order chi connectivity index (χ0) is 10.7. The quantitative estimate of drug-likeness (QED) is 0.615. The minimum atomic E-state index is -0.921. The van der Waals surface area contributed by atoms with Gasteiger partial charge in [0.05, 0.1) is 7.11 Å². The second-order valence-corrected chi connectivity index (χ2v) is 3.84. The average Bonchev–Trinajstić information content (AvgIpc) is 2.15. The number of benzene rings is 1. The SMILES string of the molecule is COC(=O)C(Cl)c1ccc(F)cc1Br. The first kappa shape index (κ1) is 11.5. The molecular formula is C9H7BrClFO2. The predicted molar refractivity (Wildman–Crippen MR) is 54.7 cm³/mol. The van der Waals surface area contributed by atoms with E-state index in [1.54, 1.807) is 0 Å². The van der Waals surface area contributed by atoms with Crippen molar-refractivity contribution in [1.29, 1.82) is 0 Å². The second-order valence-electron chi connectivity index (χ2n) is 2.55. The van der Waals surface area contributed by atoms with Gasteiger partial charge in [-0.1, -0.05) is 22.0 Å². The molecule has 0 heterocycles. The Kier molecular flexibility index (Phi) is 3.89. The number of rotatable bonds is 2. The van der Waals surface area contributed by atoms with Gasteiger partial charge in [0.2, 0.25) is 0 Å². The molecule has 1 aromatic carbocycles. The zero-order valence-electron chi connectivity index (χ0n) is 7.26. The summed E-state index contributed by atoms with van der Waals surface area (Å²) in [6.07, 6.45) is 0. The molecule has 0 radical (unpaired) electrons. The van der Waals surface area contributed by atoms with Gasteiger partial charge in [-0.25, -0.2) is 4.39 Å². The third kappa shape index (κ3) is 2.45. The molecule has 0 aliphatic carbocycles. The molecule has 0 amide bonds. The Morgan fingerprint density at radius 3 is 2.79 bits per heavy atom. The first-order valence-corrected chi connectivity index (χ1v) is 4.96. The van der Waals surface area contributed by atoms with Crippen LogP contribution in [-0.2, 0) is 9.53 Å².